The lowest BCUT2D eigenvalue weighted by atomic mass is 10.0. The first-order valence-corrected chi connectivity index (χ1v) is 7.09. The van der Waals surface area contributed by atoms with Gasteiger partial charge in [-0.2, -0.15) is 0 Å². The summed E-state index contributed by atoms with van der Waals surface area (Å²) >= 11 is 16.8. The van der Waals surface area contributed by atoms with Gasteiger partial charge < -0.3 is 0 Å². The maximum atomic E-state index is 12.0. The molecule has 0 N–H and O–H groups in total. The van der Waals surface area contributed by atoms with E-state index >= 15 is 0 Å². The molecule has 2 aromatic carbocycles. The lowest BCUT2D eigenvalue weighted by Gasteiger charge is -2.04. The second-order valence-corrected chi connectivity index (χ2v) is 5.61. The number of ketones is 1. The van der Waals surface area contributed by atoms with E-state index in [2.05, 4.69) is 0 Å². The minimum Gasteiger partial charge on any atom is -0.294 e. The smallest absolute Gasteiger partial charge is 0.168 e. The van der Waals surface area contributed by atoms with Gasteiger partial charge in [0.2, 0.25) is 0 Å². The maximum absolute atomic E-state index is 12.0. The van der Waals surface area contributed by atoms with Crippen LogP contribution in [-0.2, 0) is 0 Å². The molecule has 0 atom stereocenters. The zero-order valence-electron chi connectivity index (χ0n) is 10.4. The Labute approximate surface area is 132 Å². The molecule has 0 saturated heterocycles. The Kier molecular flexibility index (Phi) is 5.24. The number of carbonyl (C=O) groups is 1. The average molecular weight is 326 g/mol. The zero-order valence-corrected chi connectivity index (χ0v) is 12.7. The third-order valence-electron chi connectivity index (χ3n) is 2.83. The van der Waals surface area contributed by atoms with Crippen LogP contribution in [0.4, 0.5) is 0 Å². The van der Waals surface area contributed by atoms with Crippen molar-refractivity contribution < 1.29 is 4.79 Å². The minimum atomic E-state index is -0.117. The number of allylic oxidation sites excluding steroid dienone is 1. The van der Waals surface area contributed by atoms with Crippen molar-refractivity contribution in [2.75, 3.05) is 0 Å². The standard InChI is InChI=1S/C16H11Cl3O/c17-14(16(18)19)10-15(20)13-8-6-12(7-9-13)11-4-2-1-3-5-11/h1-9H,10H2. The van der Waals surface area contributed by atoms with Gasteiger partial charge in [-0.1, -0.05) is 89.4 Å². The van der Waals surface area contributed by atoms with Crippen molar-refractivity contribution in [2.24, 2.45) is 0 Å². The molecule has 0 aromatic heterocycles. The van der Waals surface area contributed by atoms with Crippen LogP contribution in [0.15, 0.2) is 64.1 Å². The molecule has 0 aliphatic carbocycles. The Bertz CT molecular complexity index is 627. The van der Waals surface area contributed by atoms with Gasteiger partial charge in [0.05, 0.1) is 5.03 Å². The van der Waals surface area contributed by atoms with Crippen molar-refractivity contribution >= 4 is 40.6 Å². The SMILES string of the molecule is O=C(CC(Cl)=C(Cl)Cl)c1ccc(-c2ccccc2)cc1. The molecule has 0 amide bonds. The second kappa shape index (κ2) is 6.94. The quantitative estimate of drug-likeness (QED) is 0.648. The fraction of sp³-hybridized carbons (Fsp3) is 0.0625. The van der Waals surface area contributed by atoms with Crippen LogP contribution in [0, 0.1) is 0 Å². The Balaban J connectivity index is 2.17. The normalized spacial score (nSPS) is 10.2. The summed E-state index contributed by atoms with van der Waals surface area (Å²) in [6, 6.07) is 17.3. The highest BCUT2D eigenvalue weighted by molar-refractivity contribution is 6.59. The third-order valence-corrected chi connectivity index (χ3v) is 3.81. The summed E-state index contributed by atoms with van der Waals surface area (Å²) in [5.74, 6) is -0.117. The Morgan fingerprint density at radius 2 is 1.35 bits per heavy atom. The van der Waals surface area contributed by atoms with E-state index in [1.54, 1.807) is 12.1 Å². The molecule has 0 bridgehead atoms. The first-order chi connectivity index (χ1) is 9.58. The van der Waals surface area contributed by atoms with Crippen molar-refractivity contribution in [3.63, 3.8) is 0 Å². The molecule has 4 heteroatoms. The van der Waals surface area contributed by atoms with Crippen LogP contribution in [0.2, 0.25) is 0 Å². The topological polar surface area (TPSA) is 17.1 Å². The van der Waals surface area contributed by atoms with Crippen LogP contribution >= 0.6 is 34.8 Å². The molecule has 0 fully saturated rings. The Morgan fingerprint density at radius 3 is 1.90 bits per heavy atom. The average Bonchev–Trinajstić information content (AvgIpc) is 2.48. The van der Waals surface area contributed by atoms with E-state index in [-0.39, 0.29) is 21.7 Å². The van der Waals surface area contributed by atoms with Crippen LogP contribution < -0.4 is 0 Å². The molecule has 2 aromatic rings. The largest absolute Gasteiger partial charge is 0.294 e. The van der Waals surface area contributed by atoms with E-state index in [9.17, 15) is 4.79 Å². The van der Waals surface area contributed by atoms with E-state index in [0.717, 1.165) is 11.1 Å². The van der Waals surface area contributed by atoms with Crippen LogP contribution in [0.3, 0.4) is 0 Å². The van der Waals surface area contributed by atoms with Gasteiger partial charge in [-0.3, -0.25) is 4.79 Å². The minimum absolute atomic E-state index is 0.00850. The predicted octanol–water partition coefficient (Wildman–Crippen LogP) is 5.81. The third kappa shape index (κ3) is 3.86. The van der Waals surface area contributed by atoms with E-state index in [0.29, 0.717) is 5.56 Å². The van der Waals surface area contributed by atoms with E-state index in [4.69, 9.17) is 34.8 Å². The number of hydrogen-bond donors (Lipinski definition) is 0. The van der Waals surface area contributed by atoms with E-state index in [1.807, 2.05) is 42.5 Å². The lowest BCUT2D eigenvalue weighted by molar-refractivity contribution is 0.0995. The second-order valence-electron chi connectivity index (χ2n) is 4.21. The van der Waals surface area contributed by atoms with E-state index in [1.165, 1.54) is 0 Å². The van der Waals surface area contributed by atoms with Crippen molar-refractivity contribution in [1.82, 2.24) is 0 Å². The lowest BCUT2D eigenvalue weighted by Crippen LogP contribution is -1.99. The highest BCUT2D eigenvalue weighted by atomic mass is 35.5. The first-order valence-electron chi connectivity index (χ1n) is 5.96. The van der Waals surface area contributed by atoms with E-state index < -0.39 is 0 Å². The summed E-state index contributed by atoms with van der Waals surface area (Å²) in [4.78, 5) is 12.0. The Morgan fingerprint density at radius 1 is 0.800 bits per heavy atom. The summed E-state index contributed by atoms with van der Waals surface area (Å²) in [6.45, 7) is 0. The molecular formula is C16H11Cl3O. The highest BCUT2D eigenvalue weighted by Crippen LogP contribution is 2.24. The molecule has 102 valence electrons. The number of Topliss-reactive ketones (excluding diaryl/α,β-unsaturated/α-hetero) is 1. The van der Waals surface area contributed by atoms with Gasteiger partial charge in [0.1, 0.15) is 4.49 Å². The van der Waals surface area contributed by atoms with Crippen molar-refractivity contribution in [3.05, 3.63) is 69.7 Å². The summed E-state index contributed by atoms with van der Waals surface area (Å²) < 4.78 is -0.0686. The van der Waals surface area contributed by atoms with Gasteiger partial charge in [0, 0.05) is 12.0 Å². The van der Waals surface area contributed by atoms with Crippen molar-refractivity contribution in [2.45, 2.75) is 6.42 Å². The predicted molar refractivity (Wildman–Crippen MR) is 85.4 cm³/mol. The van der Waals surface area contributed by atoms with Crippen LogP contribution in [0.1, 0.15) is 16.8 Å². The van der Waals surface area contributed by atoms with Crippen LogP contribution in [-0.4, -0.2) is 5.78 Å². The monoisotopic (exact) mass is 324 g/mol. The molecule has 2 rings (SSSR count). The zero-order chi connectivity index (χ0) is 14.5. The van der Waals surface area contributed by atoms with Gasteiger partial charge in [-0.15, -0.1) is 0 Å². The van der Waals surface area contributed by atoms with Gasteiger partial charge in [0.15, 0.2) is 5.78 Å². The molecule has 0 heterocycles. The van der Waals surface area contributed by atoms with Crippen LogP contribution in [0.25, 0.3) is 11.1 Å². The molecule has 0 radical (unpaired) electrons. The molecule has 0 aliphatic rings. The fourth-order valence-corrected chi connectivity index (χ4v) is 2.04. The molecule has 20 heavy (non-hydrogen) atoms. The Hall–Kier alpha value is -1.28. The maximum Gasteiger partial charge on any atom is 0.168 e. The van der Waals surface area contributed by atoms with Crippen molar-refractivity contribution in [1.29, 1.82) is 0 Å². The molecular weight excluding hydrogens is 315 g/mol. The van der Waals surface area contributed by atoms with Gasteiger partial charge >= 0.3 is 0 Å². The number of halogens is 3. The number of rotatable bonds is 4. The fourth-order valence-electron chi connectivity index (χ4n) is 1.79. The van der Waals surface area contributed by atoms with Gasteiger partial charge in [-0.25, -0.2) is 0 Å². The first kappa shape index (κ1) is 15.1. The molecule has 0 unspecified atom stereocenters. The molecule has 0 spiro atoms. The summed E-state index contributed by atoms with van der Waals surface area (Å²) in [5, 5.41) is 0.158. The number of hydrogen-bond acceptors (Lipinski definition) is 1. The van der Waals surface area contributed by atoms with Gasteiger partial charge in [0.25, 0.3) is 0 Å². The number of benzene rings is 2. The molecule has 0 aliphatic heterocycles. The van der Waals surface area contributed by atoms with Crippen molar-refractivity contribution in [3.8, 4) is 11.1 Å². The summed E-state index contributed by atoms with van der Waals surface area (Å²) in [5.41, 5.74) is 2.74. The summed E-state index contributed by atoms with van der Waals surface area (Å²) in [6.07, 6.45) is 0.00850. The highest BCUT2D eigenvalue weighted by Gasteiger charge is 2.10. The van der Waals surface area contributed by atoms with Crippen LogP contribution in [0.5, 0.6) is 0 Å². The number of carbonyl (C=O) groups excluding carboxylic acids is 1. The molecule has 1 nitrogen and oxygen atoms in total. The molecule has 0 saturated carbocycles. The van der Waals surface area contributed by atoms with Gasteiger partial charge in [-0.05, 0) is 11.1 Å². The summed E-state index contributed by atoms with van der Waals surface area (Å²) in [7, 11) is 0.